The van der Waals surface area contributed by atoms with Crippen molar-refractivity contribution in [3.05, 3.63) is 0 Å². The summed E-state index contributed by atoms with van der Waals surface area (Å²) in [5, 5.41) is 2.85. The van der Waals surface area contributed by atoms with Crippen LogP contribution in [0.4, 0.5) is 4.79 Å². The largest absolute Gasteiger partial charge is 0.379 e. The summed E-state index contributed by atoms with van der Waals surface area (Å²) in [6, 6.07) is 0.432. The van der Waals surface area contributed by atoms with E-state index < -0.39 is 0 Å². The predicted octanol–water partition coefficient (Wildman–Crippen LogP) is 0.825. The van der Waals surface area contributed by atoms with Crippen molar-refractivity contribution in [1.82, 2.24) is 10.2 Å². The first-order valence-corrected chi connectivity index (χ1v) is 4.72. The minimum Gasteiger partial charge on any atom is -0.379 e. The van der Waals surface area contributed by atoms with E-state index >= 15 is 0 Å². The van der Waals surface area contributed by atoms with Crippen molar-refractivity contribution >= 4 is 6.03 Å². The van der Waals surface area contributed by atoms with E-state index in [9.17, 15) is 4.79 Å². The maximum atomic E-state index is 11.5. The van der Waals surface area contributed by atoms with Gasteiger partial charge in [0.25, 0.3) is 0 Å². The highest BCUT2D eigenvalue weighted by Crippen LogP contribution is 2.10. The molecule has 1 atom stereocenters. The molecule has 0 radical (unpaired) electrons. The molecule has 0 aromatic heterocycles. The van der Waals surface area contributed by atoms with Gasteiger partial charge in [-0.15, -0.1) is 0 Å². The van der Waals surface area contributed by atoms with Crippen LogP contribution in [0.3, 0.4) is 0 Å². The van der Waals surface area contributed by atoms with Crippen LogP contribution in [0.15, 0.2) is 0 Å². The zero-order chi connectivity index (χ0) is 9.84. The maximum Gasteiger partial charge on any atom is 0.317 e. The smallest absolute Gasteiger partial charge is 0.317 e. The average molecular weight is 186 g/mol. The van der Waals surface area contributed by atoms with E-state index in [1.54, 1.807) is 4.90 Å². The summed E-state index contributed by atoms with van der Waals surface area (Å²) in [7, 11) is 1.82. The lowest BCUT2D eigenvalue weighted by Crippen LogP contribution is -2.46. The van der Waals surface area contributed by atoms with Crippen molar-refractivity contribution in [3.8, 4) is 0 Å². The number of carbonyl (C=O) groups excluding carboxylic acids is 1. The summed E-state index contributed by atoms with van der Waals surface area (Å²) in [6.45, 7) is 5.35. The molecule has 4 nitrogen and oxygen atoms in total. The second kappa shape index (κ2) is 4.46. The Bertz CT molecular complexity index is 176. The highest BCUT2D eigenvalue weighted by Gasteiger charge is 2.23. The number of rotatable bonds is 2. The van der Waals surface area contributed by atoms with Crippen molar-refractivity contribution in [2.75, 3.05) is 20.3 Å². The van der Waals surface area contributed by atoms with E-state index in [1.165, 1.54) is 0 Å². The fraction of sp³-hybridized carbons (Fsp3) is 0.889. The van der Waals surface area contributed by atoms with Gasteiger partial charge in [-0.05, 0) is 20.3 Å². The van der Waals surface area contributed by atoms with E-state index in [0.717, 1.165) is 13.0 Å². The standard InChI is InChI=1S/C9H18N2O2/c1-7(2)10-9(12)11(3)8-4-5-13-6-8/h7-8H,4-6H2,1-3H3,(H,10,12). The van der Waals surface area contributed by atoms with Crippen molar-refractivity contribution in [2.45, 2.75) is 32.4 Å². The second-order valence-corrected chi connectivity index (χ2v) is 3.73. The molecule has 0 aromatic carbocycles. The molecule has 0 aromatic rings. The lowest BCUT2D eigenvalue weighted by molar-refractivity contribution is 0.157. The third kappa shape index (κ3) is 2.88. The molecule has 0 aliphatic carbocycles. The Balaban J connectivity index is 2.36. The van der Waals surface area contributed by atoms with Gasteiger partial charge in [0.15, 0.2) is 0 Å². The third-order valence-corrected chi connectivity index (χ3v) is 2.19. The normalized spacial score (nSPS) is 22.0. The van der Waals surface area contributed by atoms with Gasteiger partial charge in [0.1, 0.15) is 0 Å². The molecule has 76 valence electrons. The number of likely N-dealkylation sites (N-methyl/N-ethyl adjacent to an activating group) is 1. The number of nitrogens with zero attached hydrogens (tertiary/aromatic N) is 1. The highest BCUT2D eigenvalue weighted by atomic mass is 16.5. The first-order valence-electron chi connectivity index (χ1n) is 4.72. The summed E-state index contributed by atoms with van der Waals surface area (Å²) < 4.78 is 5.21. The monoisotopic (exact) mass is 186 g/mol. The zero-order valence-electron chi connectivity index (χ0n) is 8.54. The number of nitrogens with one attached hydrogen (secondary N) is 1. The molecule has 2 amide bonds. The van der Waals surface area contributed by atoms with Crippen molar-refractivity contribution in [1.29, 1.82) is 0 Å². The molecule has 0 spiro atoms. The molecular formula is C9H18N2O2. The molecule has 13 heavy (non-hydrogen) atoms. The second-order valence-electron chi connectivity index (χ2n) is 3.73. The van der Waals surface area contributed by atoms with Gasteiger partial charge in [-0.1, -0.05) is 0 Å². The van der Waals surface area contributed by atoms with E-state index in [2.05, 4.69) is 5.32 Å². The Morgan fingerprint density at radius 3 is 2.77 bits per heavy atom. The van der Waals surface area contributed by atoms with Gasteiger partial charge in [0, 0.05) is 19.7 Å². The van der Waals surface area contributed by atoms with Crippen LogP contribution in [-0.2, 0) is 4.74 Å². The zero-order valence-corrected chi connectivity index (χ0v) is 8.54. The molecule has 4 heteroatoms. The van der Waals surface area contributed by atoms with Crippen molar-refractivity contribution < 1.29 is 9.53 Å². The molecule has 1 aliphatic rings. The van der Waals surface area contributed by atoms with Gasteiger partial charge in [0.05, 0.1) is 12.6 Å². The van der Waals surface area contributed by atoms with Gasteiger partial charge in [-0.3, -0.25) is 0 Å². The number of hydrogen-bond acceptors (Lipinski definition) is 2. The molecule has 1 heterocycles. The predicted molar refractivity (Wildman–Crippen MR) is 50.7 cm³/mol. The first kappa shape index (κ1) is 10.3. The molecule has 1 unspecified atom stereocenters. The van der Waals surface area contributed by atoms with Crippen LogP contribution in [0.25, 0.3) is 0 Å². The van der Waals surface area contributed by atoms with Gasteiger partial charge in [-0.25, -0.2) is 4.79 Å². The molecular weight excluding hydrogens is 168 g/mol. The summed E-state index contributed by atoms with van der Waals surface area (Å²) in [4.78, 5) is 13.2. The van der Waals surface area contributed by atoms with Gasteiger partial charge in [-0.2, -0.15) is 0 Å². The topological polar surface area (TPSA) is 41.6 Å². The van der Waals surface area contributed by atoms with E-state index in [4.69, 9.17) is 4.74 Å². The summed E-state index contributed by atoms with van der Waals surface area (Å²) in [5.74, 6) is 0. The number of hydrogen-bond donors (Lipinski definition) is 1. The summed E-state index contributed by atoms with van der Waals surface area (Å²) >= 11 is 0. The van der Waals surface area contributed by atoms with Crippen LogP contribution < -0.4 is 5.32 Å². The number of amides is 2. The van der Waals surface area contributed by atoms with Gasteiger partial charge in [0.2, 0.25) is 0 Å². The van der Waals surface area contributed by atoms with Crippen LogP contribution in [0.2, 0.25) is 0 Å². The van der Waals surface area contributed by atoms with E-state index in [0.29, 0.717) is 6.61 Å². The molecule has 0 saturated carbocycles. The van der Waals surface area contributed by atoms with E-state index in [1.807, 2.05) is 20.9 Å². The molecule has 1 aliphatic heterocycles. The van der Waals surface area contributed by atoms with Crippen LogP contribution in [-0.4, -0.2) is 43.3 Å². The Labute approximate surface area is 79.2 Å². The average Bonchev–Trinajstić information content (AvgIpc) is 2.53. The lowest BCUT2D eigenvalue weighted by Gasteiger charge is -2.24. The first-order chi connectivity index (χ1) is 6.11. The molecule has 1 N–H and O–H groups in total. The van der Waals surface area contributed by atoms with E-state index in [-0.39, 0.29) is 18.1 Å². The molecule has 1 fully saturated rings. The van der Waals surface area contributed by atoms with Gasteiger partial charge < -0.3 is 15.0 Å². The highest BCUT2D eigenvalue weighted by molar-refractivity contribution is 5.74. The van der Waals surface area contributed by atoms with Crippen LogP contribution in [0.1, 0.15) is 20.3 Å². The fourth-order valence-electron chi connectivity index (χ4n) is 1.34. The number of urea groups is 1. The Morgan fingerprint density at radius 1 is 1.62 bits per heavy atom. The fourth-order valence-corrected chi connectivity index (χ4v) is 1.34. The lowest BCUT2D eigenvalue weighted by atomic mass is 10.2. The Kier molecular flexibility index (Phi) is 3.54. The van der Waals surface area contributed by atoms with Crippen molar-refractivity contribution in [2.24, 2.45) is 0 Å². The Hall–Kier alpha value is -0.770. The number of ether oxygens (including phenoxy) is 1. The molecule has 1 saturated heterocycles. The van der Waals surface area contributed by atoms with Crippen LogP contribution in [0.5, 0.6) is 0 Å². The maximum absolute atomic E-state index is 11.5. The minimum atomic E-state index is -0.00880. The molecule has 1 rings (SSSR count). The SMILES string of the molecule is CC(C)NC(=O)N(C)C1CCOC1. The number of carbonyl (C=O) groups is 1. The van der Waals surface area contributed by atoms with Gasteiger partial charge >= 0.3 is 6.03 Å². The summed E-state index contributed by atoms with van der Waals surface area (Å²) in [6.07, 6.45) is 0.946. The quantitative estimate of drug-likeness (QED) is 0.694. The van der Waals surface area contributed by atoms with Crippen LogP contribution >= 0.6 is 0 Å². The van der Waals surface area contributed by atoms with Crippen LogP contribution in [0, 0.1) is 0 Å². The molecule has 0 bridgehead atoms. The summed E-state index contributed by atoms with van der Waals surface area (Å²) in [5.41, 5.74) is 0. The Morgan fingerprint density at radius 2 is 2.31 bits per heavy atom. The van der Waals surface area contributed by atoms with Crippen molar-refractivity contribution in [3.63, 3.8) is 0 Å². The third-order valence-electron chi connectivity index (χ3n) is 2.19. The minimum absolute atomic E-state index is 0.00880.